The van der Waals surface area contributed by atoms with Crippen molar-refractivity contribution in [1.82, 2.24) is 19.4 Å². The lowest BCUT2D eigenvalue weighted by atomic mass is 9.81. The molecule has 30 heavy (non-hydrogen) atoms. The van der Waals surface area contributed by atoms with Crippen molar-refractivity contribution in [2.45, 2.75) is 31.6 Å². The number of nitrogens with one attached hydrogen (secondary N) is 1. The first-order chi connectivity index (χ1) is 14.6. The van der Waals surface area contributed by atoms with Gasteiger partial charge >= 0.3 is 5.97 Å². The fourth-order valence-electron chi connectivity index (χ4n) is 4.56. The molecule has 3 heterocycles. The summed E-state index contributed by atoms with van der Waals surface area (Å²) in [7, 11) is 1.45. The minimum Gasteiger partial charge on any atom is -0.469 e. The number of methoxy groups -OCH3 is 1. The average molecular weight is 424 g/mol. The standard InChI is InChI=1S/C22H22ClN5O2/c1-30-22(29)13-7-5-12(6-8-13)21-27-18(19-20(24)25-9-10-28(19)21)16-11-14-3-2-4-15(23)17(14)26-16/h2-4,9-13,26H,5-8H2,1H3,(H2,24,25)/t12-,13-. The number of ether oxygens (including phenoxy) is 1. The summed E-state index contributed by atoms with van der Waals surface area (Å²) < 4.78 is 6.95. The van der Waals surface area contributed by atoms with Crippen LogP contribution >= 0.6 is 11.6 Å². The molecule has 1 aliphatic carbocycles. The van der Waals surface area contributed by atoms with Crippen LogP contribution < -0.4 is 5.73 Å². The number of carbonyl (C=O) groups is 1. The number of aromatic amines is 1. The summed E-state index contributed by atoms with van der Waals surface area (Å²) in [6, 6.07) is 7.83. The van der Waals surface area contributed by atoms with Crippen LogP contribution in [0.1, 0.15) is 37.4 Å². The van der Waals surface area contributed by atoms with Crippen molar-refractivity contribution in [1.29, 1.82) is 0 Å². The molecule has 0 amide bonds. The van der Waals surface area contributed by atoms with E-state index in [9.17, 15) is 4.79 Å². The van der Waals surface area contributed by atoms with Crippen LogP contribution in [0.3, 0.4) is 0 Å². The van der Waals surface area contributed by atoms with Crippen molar-refractivity contribution >= 4 is 39.8 Å². The Morgan fingerprint density at radius 2 is 2.10 bits per heavy atom. The van der Waals surface area contributed by atoms with Gasteiger partial charge in [-0.2, -0.15) is 0 Å². The normalized spacial score (nSPS) is 19.4. The highest BCUT2D eigenvalue weighted by Gasteiger charge is 2.31. The van der Waals surface area contributed by atoms with E-state index in [2.05, 4.69) is 9.97 Å². The van der Waals surface area contributed by atoms with Gasteiger partial charge in [-0.3, -0.25) is 9.20 Å². The average Bonchev–Trinajstić information content (AvgIpc) is 3.37. The lowest BCUT2D eigenvalue weighted by molar-refractivity contribution is -0.146. The molecule has 3 N–H and O–H groups in total. The molecule has 0 atom stereocenters. The maximum Gasteiger partial charge on any atom is 0.308 e. The van der Waals surface area contributed by atoms with E-state index in [-0.39, 0.29) is 17.8 Å². The highest BCUT2D eigenvalue weighted by Crippen LogP contribution is 2.39. The second-order valence-electron chi connectivity index (χ2n) is 7.81. The van der Waals surface area contributed by atoms with Gasteiger partial charge < -0.3 is 15.5 Å². The Morgan fingerprint density at radius 1 is 1.30 bits per heavy atom. The van der Waals surface area contributed by atoms with Crippen LogP contribution in [0.15, 0.2) is 36.7 Å². The first-order valence-corrected chi connectivity index (χ1v) is 10.4. The first kappa shape index (κ1) is 18.9. The predicted octanol–water partition coefficient (Wildman–Crippen LogP) is 4.56. The van der Waals surface area contributed by atoms with E-state index in [0.717, 1.165) is 59.3 Å². The van der Waals surface area contributed by atoms with Gasteiger partial charge in [0.15, 0.2) is 0 Å². The van der Waals surface area contributed by atoms with E-state index in [1.165, 1.54) is 7.11 Å². The van der Waals surface area contributed by atoms with Gasteiger partial charge in [0.1, 0.15) is 22.9 Å². The quantitative estimate of drug-likeness (QED) is 0.470. The zero-order valence-electron chi connectivity index (χ0n) is 16.6. The Balaban J connectivity index is 1.59. The molecule has 1 saturated carbocycles. The fourth-order valence-corrected chi connectivity index (χ4v) is 4.79. The fraction of sp³-hybridized carbons (Fsp3) is 0.318. The maximum atomic E-state index is 11.9. The number of benzene rings is 1. The molecule has 154 valence electrons. The molecule has 0 unspecified atom stereocenters. The maximum absolute atomic E-state index is 11.9. The SMILES string of the molecule is COC(=O)[C@H]1CC[C@H](c2nc(-c3cc4cccc(Cl)c4[nH]3)c3c(N)nccn32)CC1. The Kier molecular flexibility index (Phi) is 4.62. The number of para-hydroxylation sites is 1. The molecule has 0 spiro atoms. The lowest BCUT2D eigenvalue weighted by Gasteiger charge is -2.26. The lowest BCUT2D eigenvalue weighted by Crippen LogP contribution is -2.23. The van der Waals surface area contributed by atoms with E-state index < -0.39 is 0 Å². The number of halogens is 1. The molecule has 0 radical (unpaired) electrons. The number of H-pyrrole nitrogens is 1. The summed E-state index contributed by atoms with van der Waals surface area (Å²) in [5.41, 5.74) is 9.54. The van der Waals surface area contributed by atoms with Gasteiger partial charge in [0.25, 0.3) is 0 Å². The van der Waals surface area contributed by atoms with Gasteiger partial charge in [-0.1, -0.05) is 23.7 Å². The van der Waals surface area contributed by atoms with E-state index in [1.807, 2.05) is 34.9 Å². The van der Waals surface area contributed by atoms with Crippen LogP contribution in [0.2, 0.25) is 5.02 Å². The number of hydrogen-bond donors (Lipinski definition) is 2. The number of esters is 1. The van der Waals surface area contributed by atoms with E-state index in [4.69, 9.17) is 27.1 Å². The summed E-state index contributed by atoms with van der Waals surface area (Å²) in [6.45, 7) is 0. The number of anilines is 1. The highest BCUT2D eigenvalue weighted by atomic mass is 35.5. The van der Waals surface area contributed by atoms with E-state index in [1.54, 1.807) is 6.20 Å². The minimum atomic E-state index is -0.120. The Morgan fingerprint density at radius 3 is 2.83 bits per heavy atom. The van der Waals surface area contributed by atoms with E-state index in [0.29, 0.717) is 10.8 Å². The van der Waals surface area contributed by atoms with Crippen molar-refractivity contribution < 1.29 is 9.53 Å². The number of nitrogen functional groups attached to an aromatic ring is 1. The van der Waals surface area contributed by atoms with Crippen LogP contribution in [0.25, 0.3) is 27.8 Å². The van der Waals surface area contributed by atoms with Crippen molar-refractivity contribution in [3.05, 3.63) is 47.5 Å². The van der Waals surface area contributed by atoms with Crippen molar-refractivity contribution in [3.8, 4) is 11.4 Å². The topological polar surface area (TPSA) is 98.3 Å². The van der Waals surface area contributed by atoms with Gasteiger partial charge in [-0.15, -0.1) is 0 Å². The number of carbonyl (C=O) groups excluding carboxylic acids is 1. The molecule has 0 aliphatic heterocycles. The third kappa shape index (κ3) is 3.01. The van der Waals surface area contributed by atoms with Gasteiger partial charge in [-0.05, 0) is 37.8 Å². The van der Waals surface area contributed by atoms with Crippen LogP contribution in [-0.4, -0.2) is 32.4 Å². The molecule has 0 saturated heterocycles. The van der Waals surface area contributed by atoms with E-state index >= 15 is 0 Å². The molecular weight excluding hydrogens is 402 g/mol. The van der Waals surface area contributed by atoms with Crippen LogP contribution in [0.5, 0.6) is 0 Å². The predicted molar refractivity (Wildman–Crippen MR) is 116 cm³/mol. The monoisotopic (exact) mass is 423 g/mol. The van der Waals surface area contributed by atoms with Crippen molar-refractivity contribution in [2.24, 2.45) is 5.92 Å². The third-order valence-electron chi connectivity index (χ3n) is 6.10. The summed E-state index contributed by atoms with van der Waals surface area (Å²) >= 11 is 6.35. The molecule has 8 heteroatoms. The second kappa shape index (κ2) is 7.32. The first-order valence-electron chi connectivity index (χ1n) is 10.0. The number of fused-ring (bicyclic) bond motifs is 2. The molecule has 1 aromatic carbocycles. The van der Waals surface area contributed by atoms with Crippen molar-refractivity contribution in [3.63, 3.8) is 0 Å². The number of aromatic nitrogens is 4. The highest BCUT2D eigenvalue weighted by molar-refractivity contribution is 6.35. The zero-order valence-corrected chi connectivity index (χ0v) is 17.3. The third-order valence-corrected chi connectivity index (χ3v) is 6.41. The smallest absolute Gasteiger partial charge is 0.308 e. The van der Waals surface area contributed by atoms with Crippen LogP contribution in [0, 0.1) is 5.92 Å². The number of rotatable bonds is 3. The number of imidazole rings is 1. The minimum absolute atomic E-state index is 0.0282. The number of hydrogen-bond acceptors (Lipinski definition) is 5. The van der Waals surface area contributed by atoms with Crippen molar-refractivity contribution in [2.75, 3.05) is 12.8 Å². The Labute approximate surface area is 178 Å². The number of nitrogens with two attached hydrogens (primary N) is 1. The molecule has 1 fully saturated rings. The number of nitrogens with zero attached hydrogens (tertiary/aromatic N) is 3. The second-order valence-corrected chi connectivity index (χ2v) is 8.22. The van der Waals surface area contributed by atoms with Gasteiger partial charge in [0, 0.05) is 23.7 Å². The molecule has 3 aromatic heterocycles. The van der Waals surface area contributed by atoms with Crippen LogP contribution in [0.4, 0.5) is 5.82 Å². The largest absolute Gasteiger partial charge is 0.469 e. The molecule has 5 rings (SSSR count). The molecular formula is C22H22ClN5O2. The zero-order chi connectivity index (χ0) is 20.8. The van der Waals surface area contributed by atoms with Gasteiger partial charge in [-0.25, -0.2) is 9.97 Å². The summed E-state index contributed by atoms with van der Waals surface area (Å²) in [4.78, 5) is 24.6. The Hall–Kier alpha value is -3.06. The molecule has 4 aromatic rings. The molecule has 7 nitrogen and oxygen atoms in total. The van der Waals surface area contributed by atoms with Gasteiger partial charge in [0.05, 0.1) is 29.3 Å². The molecule has 1 aliphatic rings. The van der Waals surface area contributed by atoms with Gasteiger partial charge in [0.2, 0.25) is 0 Å². The Bertz CT molecular complexity index is 1250. The summed E-state index contributed by atoms with van der Waals surface area (Å²) in [5.74, 6) is 1.47. The summed E-state index contributed by atoms with van der Waals surface area (Å²) in [5, 5.41) is 1.68. The summed E-state index contributed by atoms with van der Waals surface area (Å²) in [6.07, 6.45) is 6.94. The molecule has 0 bridgehead atoms. The van der Waals surface area contributed by atoms with Crippen LogP contribution in [-0.2, 0) is 9.53 Å².